The van der Waals surface area contributed by atoms with Gasteiger partial charge in [-0.15, -0.1) is 0 Å². The number of nitrogens with two attached hydrogens (primary N) is 1. The summed E-state index contributed by atoms with van der Waals surface area (Å²) in [4.78, 5) is 29.0. The van der Waals surface area contributed by atoms with Crippen molar-refractivity contribution in [3.8, 4) is 23.1 Å². The van der Waals surface area contributed by atoms with Crippen LogP contribution in [0.25, 0.3) is 16.9 Å². The predicted octanol–water partition coefficient (Wildman–Crippen LogP) is 3.80. The molecule has 2 amide bonds. The van der Waals surface area contributed by atoms with Crippen molar-refractivity contribution in [2.45, 2.75) is 51.7 Å². The zero-order valence-electron chi connectivity index (χ0n) is 22.6. The molecule has 0 unspecified atom stereocenters. The Morgan fingerprint density at radius 3 is 2.62 bits per heavy atom. The molecule has 0 bridgehead atoms. The Kier molecular flexibility index (Phi) is 9.15. The number of fused-ring (bicyclic) bond motifs is 1. The van der Waals surface area contributed by atoms with E-state index in [1.165, 1.54) is 6.07 Å². The number of imidazole rings is 1. The number of aliphatic hydroxyl groups excluding tert-OH is 1. The van der Waals surface area contributed by atoms with Gasteiger partial charge >= 0.3 is 0 Å². The van der Waals surface area contributed by atoms with Gasteiger partial charge in [-0.05, 0) is 68.5 Å². The number of amides is 2. The van der Waals surface area contributed by atoms with Crippen LogP contribution in [-0.4, -0.2) is 45.1 Å². The summed E-state index contributed by atoms with van der Waals surface area (Å²) in [7, 11) is 0. The number of aliphatic hydroxyl groups is 1. The van der Waals surface area contributed by atoms with Crippen molar-refractivity contribution < 1.29 is 19.4 Å². The second-order valence-electron chi connectivity index (χ2n) is 9.93. The van der Waals surface area contributed by atoms with Crippen molar-refractivity contribution in [2.75, 3.05) is 6.61 Å². The summed E-state index contributed by atoms with van der Waals surface area (Å²) < 4.78 is 7.58. The minimum Gasteiger partial charge on any atom is -0.490 e. The maximum absolute atomic E-state index is 13.0. The Bertz CT molecular complexity index is 1540. The van der Waals surface area contributed by atoms with Gasteiger partial charge in [-0.3, -0.25) is 9.59 Å². The summed E-state index contributed by atoms with van der Waals surface area (Å²) in [5.74, 6) is -0.228. The number of carbonyl (C=O) groups is 2. The molecule has 4 N–H and O–H groups in total. The van der Waals surface area contributed by atoms with Crippen LogP contribution in [0, 0.1) is 11.3 Å². The third-order valence-electron chi connectivity index (χ3n) is 6.47. The fourth-order valence-electron chi connectivity index (χ4n) is 4.52. The summed E-state index contributed by atoms with van der Waals surface area (Å²) in [6.07, 6.45) is 5.47. The van der Waals surface area contributed by atoms with Crippen molar-refractivity contribution in [1.29, 1.82) is 5.26 Å². The highest BCUT2D eigenvalue weighted by atomic mass is 16.5. The molecular formula is C31H33N5O4. The molecule has 0 aliphatic heterocycles. The van der Waals surface area contributed by atoms with Crippen LogP contribution < -0.4 is 15.8 Å². The average Bonchev–Trinajstić information content (AvgIpc) is 3.37. The molecule has 2 heterocycles. The maximum Gasteiger partial charge on any atom is 0.251 e. The highest BCUT2D eigenvalue weighted by Gasteiger charge is 2.17. The van der Waals surface area contributed by atoms with E-state index >= 15 is 0 Å². The number of nitrogens with zero attached hydrogens (tertiary/aromatic N) is 3. The molecule has 0 fully saturated rings. The first-order valence-corrected chi connectivity index (χ1v) is 13.2. The maximum atomic E-state index is 13.0. The average molecular weight is 540 g/mol. The van der Waals surface area contributed by atoms with Crippen LogP contribution >= 0.6 is 0 Å². The van der Waals surface area contributed by atoms with Crippen LogP contribution in [0.2, 0.25) is 0 Å². The van der Waals surface area contributed by atoms with E-state index in [1.807, 2.05) is 67.0 Å². The van der Waals surface area contributed by atoms with Crippen LogP contribution in [0.4, 0.5) is 0 Å². The summed E-state index contributed by atoms with van der Waals surface area (Å²) in [6.45, 7) is 3.67. The Labute approximate surface area is 233 Å². The molecule has 40 heavy (non-hydrogen) atoms. The Hall–Kier alpha value is -4.68. The Morgan fingerprint density at radius 2 is 1.95 bits per heavy atom. The number of rotatable bonds is 12. The number of hydrogen-bond acceptors (Lipinski definition) is 6. The van der Waals surface area contributed by atoms with Crippen molar-refractivity contribution in [1.82, 2.24) is 14.7 Å². The van der Waals surface area contributed by atoms with E-state index in [1.54, 1.807) is 12.1 Å². The number of pyridine rings is 1. The normalized spacial score (nSPS) is 11.8. The number of hydrogen-bond donors (Lipinski definition) is 3. The number of ether oxygens (including phenoxy) is 1. The molecule has 0 saturated carbocycles. The van der Waals surface area contributed by atoms with Crippen molar-refractivity contribution in [2.24, 2.45) is 5.73 Å². The topological polar surface area (TPSA) is 143 Å². The lowest BCUT2D eigenvalue weighted by atomic mass is 10.0. The lowest BCUT2D eigenvalue weighted by Gasteiger charge is -2.19. The van der Waals surface area contributed by atoms with E-state index in [0.29, 0.717) is 36.1 Å². The number of primary amides is 1. The van der Waals surface area contributed by atoms with Gasteiger partial charge in [0.15, 0.2) is 0 Å². The minimum absolute atomic E-state index is 0.0764. The first-order valence-electron chi connectivity index (χ1n) is 13.2. The number of carbonyl (C=O) groups excluding carboxylic acids is 2. The number of aryl methyl sites for hydroxylation is 1. The Balaban J connectivity index is 1.46. The van der Waals surface area contributed by atoms with Gasteiger partial charge in [0.1, 0.15) is 17.5 Å². The first kappa shape index (κ1) is 28.3. The first-order chi connectivity index (χ1) is 19.3. The molecule has 9 nitrogen and oxygen atoms in total. The van der Waals surface area contributed by atoms with Crippen molar-refractivity contribution in [3.05, 3.63) is 89.2 Å². The van der Waals surface area contributed by atoms with Crippen LogP contribution in [0.5, 0.6) is 5.75 Å². The monoisotopic (exact) mass is 539 g/mol. The zero-order chi connectivity index (χ0) is 28.6. The number of nitrogens with one attached hydrogen (secondary N) is 1. The van der Waals surface area contributed by atoms with Crippen LogP contribution in [-0.2, 0) is 17.6 Å². The van der Waals surface area contributed by atoms with E-state index < -0.39 is 0 Å². The highest BCUT2D eigenvalue weighted by molar-refractivity contribution is 5.95. The largest absolute Gasteiger partial charge is 0.490 e. The van der Waals surface area contributed by atoms with Gasteiger partial charge in [0, 0.05) is 42.6 Å². The third-order valence-corrected chi connectivity index (χ3v) is 6.47. The van der Waals surface area contributed by atoms with Crippen LogP contribution in [0.3, 0.4) is 0 Å². The predicted molar refractivity (Wildman–Crippen MR) is 152 cm³/mol. The second-order valence-corrected chi connectivity index (χ2v) is 9.93. The van der Waals surface area contributed by atoms with Gasteiger partial charge in [0.05, 0.1) is 17.4 Å². The smallest absolute Gasteiger partial charge is 0.251 e. The molecule has 206 valence electrons. The molecule has 0 saturated heterocycles. The van der Waals surface area contributed by atoms with Gasteiger partial charge in [-0.25, -0.2) is 4.98 Å². The second kappa shape index (κ2) is 12.9. The molecule has 2 aromatic carbocycles. The SMILES string of the molecule is CC(C)Oc1ccc(C(=O)N[C@H](CCO)Cc2ccc(-c3cn4cccc(CCC(N)=O)c4n3)cc2)cc1C#N. The van der Waals surface area contributed by atoms with Gasteiger partial charge in [0.2, 0.25) is 5.91 Å². The molecule has 0 radical (unpaired) electrons. The standard InChI is InChI=1S/C31H33N5O4/c1-20(2)40-28-11-9-24(17-25(28)18-32)31(39)34-26(13-15-37)16-21-5-7-22(8-6-21)27-19-36-14-3-4-23(30(36)35-27)10-12-29(33)38/h3-9,11,14,17,19-20,26,37H,10,12-13,15-16H2,1-2H3,(H2,33,38)(H,34,39)/t26-/m1/s1. The number of nitriles is 1. The Morgan fingerprint density at radius 1 is 1.18 bits per heavy atom. The molecule has 0 aliphatic rings. The van der Waals surface area contributed by atoms with Crippen molar-refractivity contribution in [3.63, 3.8) is 0 Å². The zero-order valence-corrected chi connectivity index (χ0v) is 22.6. The van der Waals surface area contributed by atoms with Gasteiger partial charge in [-0.2, -0.15) is 5.26 Å². The fraction of sp³-hybridized carbons (Fsp3) is 0.290. The molecule has 4 rings (SSSR count). The highest BCUT2D eigenvalue weighted by Crippen LogP contribution is 2.23. The quantitative estimate of drug-likeness (QED) is 0.250. The summed E-state index contributed by atoms with van der Waals surface area (Å²) in [5, 5.41) is 22.1. The summed E-state index contributed by atoms with van der Waals surface area (Å²) in [6, 6.07) is 18.4. The lowest BCUT2D eigenvalue weighted by Crippen LogP contribution is -2.37. The molecule has 9 heteroatoms. The molecule has 4 aromatic rings. The van der Waals surface area contributed by atoms with E-state index in [-0.39, 0.29) is 37.0 Å². The summed E-state index contributed by atoms with van der Waals surface area (Å²) >= 11 is 0. The third kappa shape index (κ3) is 7.04. The number of benzene rings is 2. The lowest BCUT2D eigenvalue weighted by molar-refractivity contribution is -0.117. The van der Waals surface area contributed by atoms with Crippen molar-refractivity contribution >= 4 is 17.5 Å². The van der Waals surface area contributed by atoms with E-state index in [9.17, 15) is 20.0 Å². The van der Waals surface area contributed by atoms with Gasteiger partial charge in [0.25, 0.3) is 5.91 Å². The summed E-state index contributed by atoms with van der Waals surface area (Å²) in [5.41, 5.74) is 10.4. The number of aromatic nitrogens is 2. The fourth-order valence-corrected chi connectivity index (χ4v) is 4.52. The minimum atomic E-state index is -0.346. The van der Waals surface area contributed by atoms with Gasteiger partial charge in [-0.1, -0.05) is 30.3 Å². The van der Waals surface area contributed by atoms with Gasteiger partial charge < -0.3 is 25.3 Å². The molecule has 1 atom stereocenters. The van der Waals surface area contributed by atoms with E-state index in [2.05, 4.69) is 11.4 Å². The molecule has 0 aliphatic carbocycles. The molecular weight excluding hydrogens is 506 g/mol. The van der Waals surface area contributed by atoms with E-state index in [4.69, 9.17) is 15.5 Å². The van der Waals surface area contributed by atoms with Crippen LogP contribution in [0.1, 0.15) is 53.7 Å². The molecule has 2 aromatic heterocycles. The van der Waals surface area contributed by atoms with E-state index in [0.717, 1.165) is 28.0 Å². The molecule has 0 spiro atoms. The van der Waals surface area contributed by atoms with Crippen LogP contribution in [0.15, 0.2) is 67.0 Å².